The summed E-state index contributed by atoms with van der Waals surface area (Å²) in [5.74, 6) is 0.989. The van der Waals surface area contributed by atoms with Gasteiger partial charge < -0.3 is 16.0 Å². The standard InChI is InChI=1S/C7H14N4/c1-11-3-2-10-7(11)4-6(9)5-8/h2-3,6H,4-5,8-9H2,1H3. The number of nitrogens with two attached hydrogens (primary N) is 2. The molecule has 0 amide bonds. The second-order valence-electron chi connectivity index (χ2n) is 2.65. The van der Waals surface area contributed by atoms with E-state index in [0.29, 0.717) is 6.54 Å². The first kappa shape index (κ1) is 8.23. The summed E-state index contributed by atoms with van der Waals surface area (Å²) in [7, 11) is 1.95. The summed E-state index contributed by atoms with van der Waals surface area (Å²) in [6.07, 6.45) is 4.41. The summed E-state index contributed by atoms with van der Waals surface area (Å²) in [5.41, 5.74) is 11.0. The molecule has 4 N–H and O–H groups in total. The molecule has 4 heteroatoms. The van der Waals surface area contributed by atoms with E-state index < -0.39 is 0 Å². The molecule has 1 atom stereocenters. The third-order valence-electron chi connectivity index (χ3n) is 1.67. The molecular formula is C7H14N4. The van der Waals surface area contributed by atoms with Gasteiger partial charge in [0.05, 0.1) is 0 Å². The van der Waals surface area contributed by atoms with Gasteiger partial charge in [0, 0.05) is 38.4 Å². The number of hydrogen-bond donors (Lipinski definition) is 2. The Morgan fingerprint density at radius 1 is 1.73 bits per heavy atom. The quantitative estimate of drug-likeness (QED) is 0.601. The van der Waals surface area contributed by atoms with Gasteiger partial charge in [-0.05, 0) is 0 Å². The maximum atomic E-state index is 5.65. The summed E-state index contributed by atoms with van der Waals surface area (Å²) in [6, 6.07) is 0.0242. The van der Waals surface area contributed by atoms with Crippen LogP contribution in [0, 0.1) is 0 Å². The average Bonchev–Trinajstić information content (AvgIpc) is 2.37. The zero-order chi connectivity index (χ0) is 8.27. The predicted octanol–water partition coefficient (Wildman–Crippen LogP) is -0.751. The van der Waals surface area contributed by atoms with Crippen LogP contribution in [0.5, 0.6) is 0 Å². The highest BCUT2D eigenvalue weighted by atomic mass is 15.0. The molecule has 0 spiro atoms. The number of hydrogen-bond acceptors (Lipinski definition) is 3. The molecule has 0 aliphatic rings. The number of aromatic nitrogens is 2. The zero-order valence-electron chi connectivity index (χ0n) is 6.70. The molecule has 1 aromatic rings. The molecule has 1 unspecified atom stereocenters. The Labute approximate surface area is 66.2 Å². The lowest BCUT2D eigenvalue weighted by Gasteiger charge is -2.07. The Balaban J connectivity index is 2.56. The van der Waals surface area contributed by atoms with Crippen molar-refractivity contribution in [1.82, 2.24) is 9.55 Å². The fourth-order valence-corrected chi connectivity index (χ4v) is 0.911. The number of aryl methyl sites for hydroxylation is 1. The maximum Gasteiger partial charge on any atom is 0.109 e. The van der Waals surface area contributed by atoms with Gasteiger partial charge in [0.25, 0.3) is 0 Å². The molecule has 0 bridgehead atoms. The van der Waals surface area contributed by atoms with Crippen molar-refractivity contribution in [2.24, 2.45) is 18.5 Å². The van der Waals surface area contributed by atoms with Crippen LogP contribution in [0.1, 0.15) is 5.82 Å². The van der Waals surface area contributed by atoms with Crippen molar-refractivity contribution < 1.29 is 0 Å². The van der Waals surface area contributed by atoms with Crippen molar-refractivity contribution in [3.8, 4) is 0 Å². The first-order valence-electron chi connectivity index (χ1n) is 3.66. The van der Waals surface area contributed by atoms with Crippen LogP contribution in [0.3, 0.4) is 0 Å². The molecule has 0 aliphatic carbocycles. The lowest BCUT2D eigenvalue weighted by atomic mass is 10.2. The van der Waals surface area contributed by atoms with E-state index in [9.17, 15) is 0 Å². The summed E-state index contributed by atoms with van der Waals surface area (Å²) in [5, 5.41) is 0. The largest absolute Gasteiger partial charge is 0.338 e. The third-order valence-corrected chi connectivity index (χ3v) is 1.67. The number of imidazole rings is 1. The SMILES string of the molecule is Cn1ccnc1CC(N)CN. The van der Waals surface area contributed by atoms with Gasteiger partial charge in [-0.1, -0.05) is 0 Å². The van der Waals surface area contributed by atoms with Gasteiger partial charge >= 0.3 is 0 Å². The smallest absolute Gasteiger partial charge is 0.109 e. The first-order valence-corrected chi connectivity index (χ1v) is 3.66. The zero-order valence-corrected chi connectivity index (χ0v) is 6.70. The van der Waals surface area contributed by atoms with Crippen molar-refractivity contribution in [3.63, 3.8) is 0 Å². The minimum atomic E-state index is 0.0242. The predicted molar refractivity (Wildman–Crippen MR) is 43.9 cm³/mol. The fourth-order valence-electron chi connectivity index (χ4n) is 0.911. The molecule has 0 aliphatic heterocycles. The Morgan fingerprint density at radius 3 is 2.91 bits per heavy atom. The van der Waals surface area contributed by atoms with Crippen molar-refractivity contribution in [2.45, 2.75) is 12.5 Å². The molecular weight excluding hydrogens is 140 g/mol. The maximum absolute atomic E-state index is 5.65. The minimum Gasteiger partial charge on any atom is -0.338 e. The van der Waals surface area contributed by atoms with Crippen LogP contribution in [-0.4, -0.2) is 22.1 Å². The minimum absolute atomic E-state index is 0.0242. The molecule has 62 valence electrons. The molecule has 0 saturated heterocycles. The van der Waals surface area contributed by atoms with E-state index in [1.807, 2.05) is 17.8 Å². The van der Waals surface area contributed by atoms with Gasteiger partial charge in [-0.15, -0.1) is 0 Å². The van der Waals surface area contributed by atoms with Crippen LogP contribution in [0.2, 0.25) is 0 Å². The van der Waals surface area contributed by atoms with Gasteiger partial charge in [0.2, 0.25) is 0 Å². The van der Waals surface area contributed by atoms with Crippen LogP contribution < -0.4 is 11.5 Å². The Bertz CT molecular complexity index is 218. The molecule has 1 heterocycles. The van der Waals surface area contributed by atoms with Crippen LogP contribution in [0.25, 0.3) is 0 Å². The van der Waals surface area contributed by atoms with E-state index in [2.05, 4.69) is 4.98 Å². The lowest BCUT2D eigenvalue weighted by molar-refractivity contribution is 0.633. The second kappa shape index (κ2) is 3.50. The molecule has 1 aromatic heterocycles. The van der Waals surface area contributed by atoms with Gasteiger partial charge in [-0.2, -0.15) is 0 Å². The van der Waals surface area contributed by atoms with E-state index >= 15 is 0 Å². The average molecular weight is 154 g/mol. The van der Waals surface area contributed by atoms with Crippen LogP contribution in [0.15, 0.2) is 12.4 Å². The van der Waals surface area contributed by atoms with E-state index in [1.165, 1.54) is 0 Å². The van der Waals surface area contributed by atoms with E-state index in [0.717, 1.165) is 12.2 Å². The number of nitrogens with zero attached hydrogens (tertiary/aromatic N) is 2. The fraction of sp³-hybridized carbons (Fsp3) is 0.571. The summed E-state index contributed by atoms with van der Waals surface area (Å²) >= 11 is 0. The normalized spacial score (nSPS) is 13.4. The molecule has 4 nitrogen and oxygen atoms in total. The third kappa shape index (κ3) is 2.03. The van der Waals surface area contributed by atoms with Crippen molar-refractivity contribution in [3.05, 3.63) is 18.2 Å². The van der Waals surface area contributed by atoms with Gasteiger partial charge in [-0.3, -0.25) is 0 Å². The van der Waals surface area contributed by atoms with Crippen molar-refractivity contribution in [2.75, 3.05) is 6.54 Å². The molecule has 0 saturated carbocycles. The molecule has 1 rings (SSSR count). The Kier molecular flexibility index (Phi) is 2.62. The molecule has 0 radical (unpaired) electrons. The van der Waals surface area contributed by atoms with E-state index in [4.69, 9.17) is 11.5 Å². The molecule has 0 fully saturated rings. The van der Waals surface area contributed by atoms with E-state index in [-0.39, 0.29) is 6.04 Å². The van der Waals surface area contributed by atoms with Gasteiger partial charge in [0.1, 0.15) is 5.82 Å². The summed E-state index contributed by atoms with van der Waals surface area (Å²) < 4.78 is 1.95. The van der Waals surface area contributed by atoms with Crippen LogP contribution >= 0.6 is 0 Å². The topological polar surface area (TPSA) is 69.9 Å². The van der Waals surface area contributed by atoms with Gasteiger partial charge in [0.15, 0.2) is 0 Å². The highest BCUT2D eigenvalue weighted by molar-refractivity contribution is 4.93. The highest BCUT2D eigenvalue weighted by Gasteiger charge is 2.04. The Hall–Kier alpha value is -0.870. The highest BCUT2D eigenvalue weighted by Crippen LogP contribution is 1.96. The second-order valence-corrected chi connectivity index (χ2v) is 2.65. The lowest BCUT2D eigenvalue weighted by Crippen LogP contribution is -2.32. The summed E-state index contributed by atoms with van der Waals surface area (Å²) in [4.78, 5) is 4.13. The van der Waals surface area contributed by atoms with Crippen LogP contribution in [-0.2, 0) is 13.5 Å². The van der Waals surface area contributed by atoms with Crippen LogP contribution in [0.4, 0.5) is 0 Å². The first-order chi connectivity index (χ1) is 5.24. The summed E-state index contributed by atoms with van der Waals surface area (Å²) in [6.45, 7) is 0.507. The van der Waals surface area contributed by atoms with Crippen molar-refractivity contribution in [1.29, 1.82) is 0 Å². The number of rotatable bonds is 3. The van der Waals surface area contributed by atoms with E-state index in [1.54, 1.807) is 6.20 Å². The Morgan fingerprint density at radius 2 is 2.45 bits per heavy atom. The van der Waals surface area contributed by atoms with Crippen molar-refractivity contribution >= 4 is 0 Å². The monoisotopic (exact) mass is 154 g/mol. The molecule has 0 aromatic carbocycles. The molecule has 11 heavy (non-hydrogen) atoms. The van der Waals surface area contributed by atoms with Gasteiger partial charge in [-0.25, -0.2) is 4.98 Å².